The molecular weight excluding hydrogens is 547 g/mol. The van der Waals surface area contributed by atoms with Gasteiger partial charge in [-0.15, -0.1) is 0 Å². The van der Waals surface area contributed by atoms with Gasteiger partial charge in [0.2, 0.25) is 0 Å². The van der Waals surface area contributed by atoms with Crippen LogP contribution in [0.25, 0.3) is 0 Å². The summed E-state index contributed by atoms with van der Waals surface area (Å²) in [6.45, 7) is 8.06. The highest BCUT2D eigenvalue weighted by molar-refractivity contribution is 7.53. The SMILES string of the molecule is CCCCCCCCCCCCCOP(=O)(CCCCCCCCCCCCC)OCCCCCCCCCCCCC. The molecule has 0 bridgehead atoms. The van der Waals surface area contributed by atoms with Crippen LogP contribution in [0, 0.1) is 0 Å². The van der Waals surface area contributed by atoms with Crippen LogP contribution in [-0.2, 0) is 13.6 Å². The van der Waals surface area contributed by atoms with Gasteiger partial charge in [0.1, 0.15) is 0 Å². The van der Waals surface area contributed by atoms with Crippen molar-refractivity contribution < 1.29 is 13.6 Å². The smallest absolute Gasteiger partial charge is 0.309 e. The second-order valence-electron chi connectivity index (χ2n) is 13.6. The van der Waals surface area contributed by atoms with Crippen molar-refractivity contribution in [3.63, 3.8) is 0 Å². The Morgan fingerprint density at radius 1 is 0.302 bits per heavy atom. The van der Waals surface area contributed by atoms with E-state index in [4.69, 9.17) is 9.05 Å². The molecule has 0 aromatic rings. The fourth-order valence-corrected chi connectivity index (χ4v) is 7.83. The maximum Gasteiger partial charge on any atom is 0.330 e. The van der Waals surface area contributed by atoms with E-state index in [1.165, 1.54) is 186 Å². The predicted octanol–water partition coefficient (Wildman–Crippen LogP) is 15.1. The summed E-state index contributed by atoms with van der Waals surface area (Å²) in [5, 5.41) is 0. The van der Waals surface area contributed by atoms with Crippen molar-refractivity contribution in [1.29, 1.82) is 0 Å². The zero-order chi connectivity index (χ0) is 31.4. The Hall–Kier alpha value is 0.150. The minimum absolute atomic E-state index is 0.602. The maximum atomic E-state index is 13.6. The van der Waals surface area contributed by atoms with Gasteiger partial charge in [-0.05, 0) is 19.3 Å². The van der Waals surface area contributed by atoms with Crippen LogP contribution >= 0.6 is 7.60 Å². The van der Waals surface area contributed by atoms with Gasteiger partial charge in [0, 0.05) is 0 Å². The lowest BCUT2D eigenvalue weighted by Gasteiger charge is -2.19. The molecule has 0 aromatic heterocycles. The molecule has 0 saturated carbocycles. The molecule has 0 aliphatic carbocycles. The van der Waals surface area contributed by atoms with Crippen molar-refractivity contribution in [2.45, 2.75) is 233 Å². The molecule has 260 valence electrons. The minimum Gasteiger partial charge on any atom is -0.309 e. The van der Waals surface area contributed by atoms with E-state index in [1.807, 2.05) is 0 Å². The monoisotopic (exact) mass is 629 g/mol. The molecule has 0 amide bonds. The molecule has 0 unspecified atom stereocenters. The van der Waals surface area contributed by atoms with Crippen molar-refractivity contribution in [2.75, 3.05) is 19.4 Å². The lowest BCUT2D eigenvalue weighted by Crippen LogP contribution is -2.04. The van der Waals surface area contributed by atoms with Gasteiger partial charge < -0.3 is 9.05 Å². The summed E-state index contributed by atoms with van der Waals surface area (Å²) >= 11 is 0. The second kappa shape index (κ2) is 36.6. The highest BCUT2D eigenvalue weighted by Gasteiger charge is 2.23. The molecule has 0 spiro atoms. The zero-order valence-corrected chi connectivity index (χ0v) is 31.0. The Morgan fingerprint density at radius 2 is 0.512 bits per heavy atom. The van der Waals surface area contributed by atoms with E-state index in [0.717, 1.165) is 25.7 Å². The lowest BCUT2D eigenvalue weighted by molar-refractivity contribution is 0.197. The Balaban J connectivity index is 4.07. The number of hydrogen-bond acceptors (Lipinski definition) is 3. The van der Waals surface area contributed by atoms with Crippen molar-refractivity contribution in [2.24, 2.45) is 0 Å². The van der Waals surface area contributed by atoms with Crippen LogP contribution in [0.1, 0.15) is 233 Å². The number of rotatable bonds is 38. The standard InChI is InChI=1S/C39H81O3P/c1-4-7-10-13-16-19-22-25-28-31-34-37-41-43(40,39-36-33-30-27-24-21-18-15-12-9-6-3)42-38-35-32-29-26-23-20-17-14-11-8-5-2/h4-39H2,1-3H3. The molecule has 0 fully saturated rings. The largest absolute Gasteiger partial charge is 0.330 e. The van der Waals surface area contributed by atoms with E-state index in [9.17, 15) is 4.57 Å². The van der Waals surface area contributed by atoms with Crippen molar-refractivity contribution in [3.05, 3.63) is 0 Å². The van der Waals surface area contributed by atoms with E-state index in [-0.39, 0.29) is 0 Å². The lowest BCUT2D eigenvalue weighted by atomic mass is 10.1. The van der Waals surface area contributed by atoms with Crippen LogP contribution in [0.4, 0.5) is 0 Å². The first-order valence-corrected chi connectivity index (χ1v) is 21.8. The third-order valence-corrected chi connectivity index (χ3v) is 11.1. The van der Waals surface area contributed by atoms with E-state index in [0.29, 0.717) is 19.4 Å². The highest BCUT2D eigenvalue weighted by atomic mass is 31.2. The molecule has 0 heterocycles. The summed E-state index contributed by atoms with van der Waals surface area (Å²) < 4.78 is 25.7. The molecule has 43 heavy (non-hydrogen) atoms. The van der Waals surface area contributed by atoms with Gasteiger partial charge in [-0.3, -0.25) is 4.57 Å². The van der Waals surface area contributed by atoms with Crippen LogP contribution in [0.15, 0.2) is 0 Å². The average molecular weight is 629 g/mol. The fraction of sp³-hybridized carbons (Fsp3) is 1.00. The molecule has 4 heteroatoms. The average Bonchev–Trinajstić information content (AvgIpc) is 3.01. The molecule has 3 nitrogen and oxygen atoms in total. The highest BCUT2D eigenvalue weighted by Crippen LogP contribution is 2.49. The normalized spacial score (nSPS) is 12.0. The number of hydrogen-bond donors (Lipinski definition) is 0. The van der Waals surface area contributed by atoms with E-state index in [1.54, 1.807) is 0 Å². The third kappa shape index (κ3) is 34.9. The molecule has 0 atom stereocenters. The summed E-state index contributed by atoms with van der Waals surface area (Å²) in [5.41, 5.74) is 0. The van der Waals surface area contributed by atoms with E-state index in [2.05, 4.69) is 20.8 Å². The van der Waals surface area contributed by atoms with Crippen molar-refractivity contribution in [3.8, 4) is 0 Å². The Bertz CT molecular complexity index is 521. The van der Waals surface area contributed by atoms with Crippen molar-refractivity contribution >= 4 is 7.60 Å². The summed E-state index contributed by atoms with van der Waals surface area (Å²) in [7, 11) is -2.96. The Morgan fingerprint density at radius 3 is 0.767 bits per heavy atom. The molecule has 0 aliphatic rings. The Labute approximate surface area is 272 Å². The van der Waals surface area contributed by atoms with Gasteiger partial charge in [-0.2, -0.15) is 0 Å². The zero-order valence-electron chi connectivity index (χ0n) is 30.1. The molecule has 0 rings (SSSR count). The van der Waals surface area contributed by atoms with Gasteiger partial charge in [-0.1, -0.05) is 213 Å². The molecular formula is C39H81O3P. The quantitative estimate of drug-likeness (QED) is 0.0504. The predicted molar refractivity (Wildman–Crippen MR) is 194 cm³/mol. The van der Waals surface area contributed by atoms with Crippen LogP contribution in [0.3, 0.4) is 0 Å². The van der Waals surface area contributed by atoms with Gasteiger partial charge in [-0.25, -0.2) is 0 Å². The fourth-order valence-electron chi connectivity index (χ4n) is 6.08. The van der Waals surface area contributed by atoms with E-state index < -0.39 is 7.60 Å². The first-order valence-electron chi connectivity index (χ1n) is 20.1. The summed E-state index contributed by atoms with van der Waals surface area (Å²) in [5.74, 6) is 0. The third-order valence-electron chi connectivity index (χ3n) is 9.11. The van der Waals surface area contributed by atoms with Crippen LogP contribution < -0.4 is 0 Å². The first-order chi connectivity index (χ1) is 21.2. The molecule has 0 radical (unpaired) electrons. The van der Waals surface area contributed by atoms with Gasteiger partial charge in [0.25, 0.3) is 0 Å². The second-order valence-corrected chi connectivity index (χ2v) is 15.8. The summed E-state index contributed by atoms with van der Waals surface area (Å²) in [6.07, 6.45) is 44.0. The summed E-state index contributed by atoms with van der Waals surface area (Å²) in [6, 6.07) is 0. The Kier molecular flexibility index (Phi) is 36.7. The van der Waals surface area contributed by atoms with Crippen LogP contribution in [0.5, 0.6) is 0 Å². The minimum atomic E-state index is -2.96. The van der Waals surface area contributed by atoms with Crippen molar-refractivity contribution in [1.82, 2.24) is 0 Å². The first kappa shape index (κ1) is 43.1. The van der Waals surface area contributed by atoms with Crippen LogP contribution in [0.2, 0.25) is 0 Å². The van der Waals surface area contributed by atoms with Gasteiger partial charge in [0.15, 0.2) is 0 Å². The summed E-state index contributed by atoms with van der Waals surface area (Å²) in [4.78, 5) is 0. The molecule has 0 aromatic carbocycles. The molecule has 0 N–H and O–H groups in total. The molecule has 0 saturated heterocycles. The number of unbranched alkanes of at least 4 members (excludes halogenated alkanes) is 30. The maximum absolute atomic E-state index is 13.6. The topological polar surface area (TPSA) is 35.5 Å². The van der Waals surface area contributed by atoms with Gasteiger partial charge >= 0.3 is 7.60 Å². The van der Waals surface area contributed by atoms with Gasteiger partial charge in [0.05, 0.1) is 19.4 Å². The van der Waals surface area contributed by atoms with Crippen LogP contribution in [-0.4, -0.2) is 19.4 Å². The van der Waals surface area contributed by atoms with E-state index >= 15 is 0 Å². The molecule has 0 aliphatic heterocycles.